The Balaban J connectivity index is 1.99. The van der Waals surface area contributed by atoms with Crippen LogP contribution in [-0.2, 0) is 6.42 Å². The first kappa shape index (κ1) is 15.9. The van der Waals surface area contributed by atoms with Gasteiger partial charge in [-0.15, -0.1) is 11.8 Å². The minimum atomic E-state index is -0.894. The summed E-state index contributed by atoms with van der Waals surface area (Å²) in [5, 5.41) is 9.19. The molecule has 0 heterocycles. The molecule has 0 aliphatic rings. The third-order valence-electron chi connectivity index (χ3n) is 2.98. The molecule has 1 N–H and O–H groups in total. The number of aromatic carboxylic acids is 1. The van der Waals surface area contributed by atoms with Crippen LogP contribution in [0.2, 0.25) is 0 Å². The van der Waals surface area contributed by atoms with Crippen molar-refractivity contribution in [3.8, 4) is 5.75 Å². The number of thioether (sulfide) groups is 1. The molecule has 0 spiro atoms. The molecule has 0 amide bonds. The molecule has 110 valence electrons. The van der Waals surface area contributed by atoms with Crippen LogP contribution in [0, 0.1) is 0 Å². The lowest BCUT2D eigenvalue weighted by atomic mass is 10.2. The molecule has 0 saturated heterocycles. The molecule has 2 aromatic rings. The van der Waals surface area contributed by atoms with E-state index < -0.39 is 5.97 Å². The first-order chi connectivity index (χ1) is 10.1. The third-order valence-corrected chi connectivity index (χ3v) is 4.53. The number of carboxylic acids is 1. The number of hydrogen-bond donors (Lipinski definition) is 1. The zero-order valence-electron chi connectivity index (χ0n) is 11.5. The van der Waals surface area contributed by atoms with Crippen molar-refractivity contribution in [3.63, 3.8) is 0 Å². The summed E-state index contributed by atoms with van der Waals surface area (Å²) in [5.41, 5.74) is 1.55. The molecule has 3 nitrogen and oxygen atoms in total. The second-order valence-electron chi connectivity index (χ2n) is 4.39. The fourth-order valence-electron chi connectivity index (χ4n) is 1.86. The summed E-state index contributed by atoms with van der Waals surface area (Å²) in [6.07, 6.45) is 0.875. The van der Waals surface area contributed by atoms with Crippen molar-refractivity contribution < 1.29 is 14.6 Å². The quantitative estimate of drug-likeness (QED) is 0.765. The molecular weight excluding hydrogens is 352 g/mol. The number of benzene rings is 2. The molecule has 0 saturated carbocycles. The van der Waals surface area contributed by atoms with Crippen molar-refractivity contribution in [2.24, 2.45) is 0 Å². The first-order valence-corrected chi connectivity index (χ1v) is 8.16. The van der Waals surface area contributed by atoms with Gasteiger partial charge in [-0.05, 0) is 42.3 Å². The van der Waals surface area contributed by atoms with Gasteiger partial charge in [0.15, 0.2) is 0 Å². The Labute approximate surface area is 136 Å². The lowest BCUT2D eigenvalue weighted by molar-refractivity contribution is 0.0693. The molecule has 0 aliphatic carbocycles. The highest BCUT2D eigenvalue weighted by Crippen LogP contribution is 2.27. The predicted octanol–water partition coefficient (Wildman–Crippen LogP) is 4.49. The van der Waals surface area contributed by atoms with Crippen LogP contribution in [0.25, 0.3) is 0 Å². The van der Waals surface area contributed by atoms with Crippen LogP contribution >= 0.6 is 27.7 Å². The first-order valence-electron chi connectivity index (χ1n) is 6.38. The lowest BCUT2D eigenvalue weighted by Gasteiger charge is -2.07. The summed E-state index contributed by atoms with van der Waals surface area (Å²) in [6.45, 7) is 0. The smallest absolute Gasteiger partial charge is 0.336 e. The van der Waals surface area contributed by atoms with Crippen LogP contribution in [0.3, 0.4) is 0 Å². The minimum absolute atomic E-state index is 0.345. The number of halogens is 1. The maximum atomic E-state index is 11.2. The summed E-state index contributed by atoms with van der Waals surface area (Å²) in [5.74, 6) is 0.768. The topological polar surface area (TPSA) is 46.5 Å². The van der Waals surface area contributed by atoms with E-state index in [9.17, 15) is 9.90 Å². The average Bonchev–Trinajstić information content (AvgIpc) is 2.48. The number of hydrogen-bond acceptors (Lipinski definition) is 3. The molecule has 21 heavy (non-hydrogen) atoms. The Hall–Kier alpha value is -1.46. The number of carbonyl (C=O) groups is 1. The molecule has 0 unspecified atom stereocenters. The standard InChI is InChI=1S/C16H15BrO3S/c1-20-13-5-2-11(3-6-13)8-9-21-15-10-12(17)4-7-14(15)16(18)19/h2-7,10H,8-9H2,1H3,(H,18,19). The van der Waals surface area contributed by atoms with E-state index in [1.54, 1.807) is 31.0 Å². The minimum Gasteiger partial charge on any atom is -0.497 e. The zero-order chi connectivity index (χ0) is 15.2. The van der Waals surface area contributed by atoms with Gasteiger partial charge in [-0.25, -0.2) is 4.79 Å². The van der Waals surface area contributed by atoms with Gasteiger partial charge in [0.1, 0.15) is 5.75 Å². The van der Waals surface area contributed by atoms with Crippen LogP contribution in [0.1, 0.15) is 15.9 Å². The fourth-order valence-corrected chi connectivity index (χ4v) is 3.45. The van der Waals surface area contributed by atoms with E-state index in [4.69, 9.17) is 4.74 Å². The molecule has 0 atom stereocenters. The van der Waals surface area contributed by atoms with E-state index in [2.05, 4.69) is 15.9 Å². The second kappa shape index (κ2) is 7.52. The van der Waals surface area contributed by atoms with Gasteiger partial charge in [-0.3, -0.25) is 0 Å². The van der Waals surface area contributed by atoms with Gasteiger partial charge in [0.25, 0.3) is 0 Å². The van der Waals surface area contributed by atoms with E-state index in [0.29, 0.717) is 5.56 Å². The van der Waals surface area contributed by atoms with E-state index in [-0.39, 0.29) is 0 Å². The molecule has 2 rings (SSSR count). The number of methoxy groups -OCH3 is 1. The van der Waals surface area contributed by atoms with Crippen LogP contribution < -0.4 is 4.74 Å². The molecule has 0 radical (unpaired) electrons. The maximum absolute atomic E-state index is 11.2. The average molecular weight is 367 g/mol. The highest BCUT2D eigenvalue weighted by atomic mass is 79.9. The van der Waals surface area contributed by atoms with E-state index in [0.717, 1.165) is 27.3 Å². The monoisotopic (exact) mass is 366 g/mol. The van der Waals surface area contributed by atoms with Crippen molar-refractivity contribution in [2.75, 3.05) is 12.9 Å². The third kappa shape index (κ3) is 4.51. The van der Waals surface area contributed by atoms with Crippen molar-refractivity contribution in [2.45, 2.75) is 11.3 Å². The SMILES string of the molecule is COc1ccc(CCSc2cc(Br)ccc2C(=O)O)cc1. The molecule has 0 aliphatic heterocycles. The van der Waals surface area contributed by atoms with E-state index in [1.165, 1.54) is 5.56 Å². The van der Waals surface area contributed by atoms with Gasteiger partial charge in [0, 0.05) is 15.1 Å². The Morgan fingerprint density at radius 3 is 2.57 bits per heavy atom. The van der Waals surface area contributed by atoms with E-state index >= 15 is 0 Å². The molecule has 0 bridgehead atoms. The molecule has 5 heteroatoms. The molecular formula is C16H15BrO3S. The summed E-state index contributed by atoms with van der Waals surface area (Å²) in [4.78, 5) is 12.0. The molecule has 0 fully saturated rings. The Morgan fingerprint density at radius 2 is 1.95 bits per heavy atom. The number of ether oxygens (including phenoxy) is 1. The van der Waals surface area contributed by atoms with Gasteiger partial charge in [-0.1, -0.05) is 28.1 Å². The van der Waals surface area contributed by atoms with Gasteiger partial charge < -0.3 is 9.84 Å². The van der Waals surface area contributed by atoms with Gasteiger partial charge in [0.05, 0.1) is 12.7 Å². The summed E-state index contributed by atoms with van der Waals surface area (Å²) in [7, 11) is 1.64. The Kier molecular flexibility index (Phi) is 5.70. The Morgan fingerprint density at radius 1 is 1.24 bits per heavy atom. The molecule has 2 aromatic carbocycles. The Bertz CT molecular complexity index is 626. The summed E-state index contributed by atoms with van der Waals surface area (Å²) >= 11 is 4.93. The maximum Gasteiger partial charge on any atom is 0.336 e. The number of carboxylic acid groups (broad SMARTS) is 1. The van der Waals surface area contributed by atoms with E-state index in [1.807, 2.05) is 30.3 Å². The highest BCUT2D eigenvalue weighted by Gasteiger charge is 2.10. The number of rotatable bonds is 6. The van der Waals surface area contributed by atoms with Crippen LogP contribution in [-0.4, -0.2) is 23.9 Å². The molecule has 0 aromatic heterocycles. The van der Waals surface area contributed by atoms with Crippen molar-refractivity contribution >= 4 is 33.7 Å². The van der Waals surface area contributed by atoms with Crippen LogP contribution in [0.15, 0.2) is 51.8 Å². The fraction of sp³-hybridized carbons (Fsp3) is 0.188. The predicted molar refractivity (Wildman–Crippen MR) is 88.5 cm³/mol. The largest absolute Gasteiger partial charge is 0.497 e. The van der Waals surface area contributed by atoms with Crippen molar-refractivity contribution in [1.29, 1.82) is 0 Å². The van der Waals surface area contributed by atoms with Gasteiger partial charge in [-0.2, -0.15) is 0 Å². The van der Waals surface area contributed by atoms with Crippen LogP contribution in [0.4, 0.5) is 0 Å². The van der Waals surface area contributed by atoms with Gasteiger partial charge >= 0.3 is 5.97 Å². The second-order valence-corrected chi connectivity index (χ2v) is 6.44. The summed E-state index contributed by atoms with van der Waals surface area (Å²) < 4.78 is 6.01. The van der Waals surface area contributed by atoms with Gasteiger partial charge in [0.2, 0.25) is 0 Å². The summed E-state index contributed by atoms with van der Waals surface area (Å²) in [6, 6.07) is 13.1. The van der Waals surface area contributed by atoms with Crippen molar-refractivity contribution in [3.05, 3.63) is 58.1 Å². The number of aryl methyl sites for hydroxylation is 1. The highest BCUT2D eigenvalue weighted by molar-refractivity contribution is 9.10. The van der Waals surface area contributed by atoms with Crippen LogP contribution in [0.5, 0.6) is 5.75 Å². The normalized spacial score (nSPS) is 10.4. The van der Waals surface area contributed by atoms with Crippen molar-refractivity contribution in [1.82, 2.24) is 0 Å². The lowest BCUT2D eigenvalue weighted by Crippen LogP contribution is -1.99. The zero-order valence-corrected chi connectivity index (χ0v) is 13.9.